The molecule has 6 heteroatoms. The van der Waals surface area contributed by atoms with Gasteiger partial charge in [0.25, 0.3) is 0 Å². The van der Waals surface area contributed by atoms with Crippen LogP contribution in [0, 0.1) is 5.92 Å². The molecule has 0 aromatic heterocycles. The second kappa shape index (κ2) is 5.86. The van der Waals surface area contributed by atoms with E-state index in [9.17, 15) is 14.7 Å². The molecule has 1 fully saturated rings. The maximum absolute atomic E-state index is 11.5. The number of rotatable bonds is 4. The van der Waals surface area contributed by atoms with Gasteiger partial charge in [0.05, 0.1) is 0 Å². The van der Waals surface area contributed by atoms with Gasteiger partial charge < -0.3 is 21.5 Å². The predicted octanol–water partition coefficient (Wildman–Crippen LogP) is 0.278. The molecule has 1 rings (SSSR count). The van der Waals surface area contributed by atoms with Crippen molar-refractivity contribution in [2.45, 2.75) is 38.1 Å². The third-order valence-electron chi connectivity index (χ3n) is 3.32. The number of carbonyl (C=O) groups is 2. The van der Waals surface area contributed by atoms with E-state index in [1.807, 2.05) is 0 Å². The van der Waals surface area contributed by atoms with Crippen LogP contribution >= 0.6 is 0 Å². The summed E-state index contributed by atoms with van der Waals surface area (Å²) < 4.78 is 0. The van der Waals surface area contributed by atoms with Gasteiger partial charge >= 0.3 is 12.0 Å². The first-order valence-corrected chi connectivity index (χ1v) is 5.99. The van der Waals surface area contributed by atoms with Gasteiger partial charge in [-0.25, -0.2) is 9.59 Å². The molecule has 17 heavy (non-hydrogen) atoms. The number of carboxylic acid groups (broad SMARTS) is 1. The van der Waals surface area contributed by atoms with Crippen LogP contribution in [0.2, 0.25) is 0 Å². The first-order chi connectivity index (χ1) is 8.00. The molecule has 6 nitrogen and oxygen atoms in total. The molecule has 0 saturated heterocycles. The minimum absolute atomic E-state index is 0.338. The van der Waals surface area contributed by atoms with E-state index in [0.717, 1.165) is 12.8 Å². The summed E-state index contributed by atoms with van der Waals surface area (Å²) in [4.78, 5) is 22.8. The van der Waals surface area contributed by atoms with E-state index >= 15 is 0 Å². The molecule has 0 spiro atoms. The van der Waals surface area contributed by atoms with Gasteiger partial charge in [0, 0.05) is 13.1 Å². The zero-order valence-electron chi connectivity index (χ0n) is 10.2. The van der Waals surface area contributed by atoms with Gasteiger partial charge in [-0.1, -0.05) is 6.92 Å². The molecule has 5 N–H and O–H groups in total. The number of nitrogens with one attached hydrogen (secondary N) is 2. The molecule has 98 valence electrons. The van der Waals surface area contributed by atoms with Gasteiger partial charge in [0.1, 0.15) is 5.54 Å². The molecule has 0 unspecified atom stereocenters. The van der Waals surface area contributed by atoms with E-state index in [1.165, 1.54) is 0 Å². The quantitative estimate of drug-likeness (QED) is 0.569. The van der Waals surface area contributed by atoms with Gasteiger partial charge in [-0.3, -0.25) is 0 Å². The maximum atomic E-state index is 11.5. The number of nitrogens with two attached hydrogens (primary N) is 1. The average molecular weight is 243 g/mol. The second-order valence-corrected chi connectivity index (χ2v) is 4.74. The minimum atomic E-state index is -1.11. The molecule has 0 aromatic carbocycles. The highest BCUT2D eigenvalue weighted by atomic mass is 16.4. The lowest BCUT2D eigenvalue weighted by Crippen LogP contribution is -2.58. The Labute approximate surface area is 101 Å². The SMILES string of the molecule is CC1CCC(NC(=O)NCCN)(C(=O)O)CC1. The molecule has 0 radical (unpaired) electrons. The van der Waals surface area contributed by atoms with Gasteiger partial charge in [0.15, 0.2) is 0 Å². The standard InChI is InChI=1S/C11H21N3O3/c1-8-2-4-11(5-3-8,9(15)16)14-10(17)13-7-6-12/h8H,2-7,12H2,1H3,(H,15,16)(H2,13,14,17). The largest absolute Gasteiger partial charge is 0.480 e. The summed E-state index contributed by atoms with van der Waals surface area (Å²) in [5.74, 6) is -0.427. The molecule has 0 aromatic rings. The number of hydrogen-bond acceptors (Lipinski definition) is 3. The third-order valence-corrected chi connectivity index (χ3v) is 3.32. The number of aliphatic carboxylic acids is 1. The summed E-state index contributed by atoms with van der Waals surface area (Å²) in [5, 5.41) is 14.4. The highest BCUT2D eigenvalue weighted by Crippen LogP contribution is 2.32. The fourth-order valence-corrected chi connectivity index (χ4v) is 2.09. The molecule has 0 bridgehead atoms. The maximum Gasteiger partial charge on any atom is 0.329 e. The zero-order valence-corrected chi connectivity index (χ0v) is 10.2. The van der Waals surface area contributed by atoms with E-state index < -0.39 is 17.5 Å². The summed E-state index contributed by atoms with van der Waals surface area (Å²) in [5.41, 5.74) is 4.16. The molecular weight excluding hydrogens is 222 g/mol. The summed E-state index contributed by atoms with van der Waals surface area (Å²) in [6, 6.07) is -0.451. The lowest BCUT2D eigenvalue weighted by Gasteiger charge is -2.36. The van der Waals surface area contributed by atoms with E-state index in [2.05, 4.69) is 17.6 Å². The average Bonchev–Trinajstić information content (AvgIpc) is 2.29. The Bertz CT molecular complexity index is 286. The van der Waals surface area contributed by atoms with Gasteiger partial charge in [0.2, 0.25) is 0 Å². The smallest absolute Gasteiger partial charge is 0.329 e. The van der Waals surface area contributed by atoms with E-state index in [1.54, 1.807) is 0 Å². The molecule has 1 aliphatic rings. The second-order valence-electron chi connectivity index (χ2n) is 4.74. The summed E-state index contributed by atoms with van der Waals surface area (Å²) in [6.07, 6.45) is 2.62. The van der Waals surface area contributed by atoms with Crippen molar-refractivity contribution < 1.29 is 14.7 Å². The minimum Gasteiger partial charge on any atom is -0.480 e. The number of carboxylic acids is 1. The van der Waals surface area contributed by atoms with Gasteiger partial charge in [-0.2, -0.15) is 0 Å². The van der Waals surface area contributed by atoms with Crippen LogP contribution in [0.15, 0.2) is 0 Å². The number of amides is 2. The first kappa shape index (κ1) is 13.8. The van der Waals surface area contributed by atoms with E-state index in [4.69, 9.17) is 5.73 Å². The Morgan fingerprint density at radius 1 is 1.41 bits per heavy atom. The lowest BCUT2D eigenvalue weighted by molar-refractivity contribution is -0.146. The Morgan fingerprint density at radius 2 is 2.00 bits per heavy atom. The fraction of sp³-hybridized carbons (Fsp3) is 0.818. The number of carbonyl (C=O) groups excluding carboxylic acids is 1. The molecular formula is C11H21N3O3. The van der Waals surface area contributed by atoms with Crippen LogP contribution in [-0.2, 0) is 4.79 Å². The van der Waals surface area contributed by atoms with Crippen LogP contribution in [0.5, 0.6) is 0 Å². The predicted molar refractivity (Wildman–Crippen MR) is 63.6 cm³/mol. The van der Waals surface area contributed by atoms with Crippen LogP contribution in [0.25, 0.3) is 0 Å². The first-order valence-electron chi connectivity index (χ1n) is 5.99. The van der Waals surface area contributed by atoms with Crippen LogP contribution < -0.4 is 16.4 Å². The van der Waals surface area contributed by atoms with E-state index in [0.29, 0.717) is 31.8 Å². The summed E-state index contributed by atoms with van der Waals surface area (Å²) in [7, 11) is 0. The summed E-state index contributed by atoms with van der Waals surface area (Å²) >= 11 is 0. The lowest BCUT2D eigenvalue weighted by atomic mass is 9.77. The van der Waals surface area contributed by atoms with Crippen molar-refractivity contribution in [3.8, 4) is 0 Å². The van der Waals surface area contributed by atoms with Crippen molar-refractivity contribution in [3.05, 3.63) is 0 Å². The molecule has 0 aliphatic heterocycles. The van der Waals surface area contributed by atoms with Crippen LogP contribution in [0.3, 0.4) is 0 Å². The molecule has 2 amide bonds. The Hall–Kier alpha value is -1.30. The Morgan fingerprint density at radius 3 is 2.47 bits per heavy atom. The normalized spacial score (nSPS) is 28.5. The van der Waals surface area contributed by atoms with Crippen molar-refractivity contribution in [2.24, 2.45) is 11.7 Å². The van der Waals surface area contributed by atoms with Gasteiger partial charge in [-0.15, -0.1) is 0 Å². The number of urea groups is 1. The van der Waals surface area contributed by atoms with Crippen LogP contribution in [-0.4, -0.2) is 35.7 Å². The zero-order chi connectivity index (χ0) is 12.9. The van der Waals surface area contributed by atoms with Crippen LogP contribution in [0.4, 0.5) is 4.79 Å². The topological polar surface area (TPSA) is 104 Å². The Kier molecular flexibility index (Phi) is 4.74. The van der Waals surface area contributed by atoms with Crippen molar-refractivity contribution in [1.29, 1.82) is 0 Å². The molecule has 1 aliphatic carbocycles. The highest BCUT2D eigenvalue weighted by Gasteiger charge is 2.42. The Balaban J connectivity index is 2.60. The van der Waals surface area contributed by atoms with Crippen LogP contribution in [0.1, 0.15) is 32.6 Å². The van der Waals surface area contributed by atoms with Crippen molar-refractivity contribution in [3.63, 3.8) is 0 Å². The fourth-order valence-electron chi connectivity index (χ4n) is 2.09. The van der Waals surface area contributed by atoms with Crippen molar-refractivity contribution in [1.82, 2.24) is 10.6 Å². The molecule has 0 atom stereocenters. The summed E-state index contributed by atoms with van der Waals surface area (Å²) in [6.45, 7) is 2.78. The van der Waals surface area contributed by atoms with E-state index in [-0.39, 0.29) is 0 Å². The monoisotopic (exact) mass is 243 g/mol. The molecule has 0 heterocycles. The van der Waals surface area contributed by atoms with Gasteiger partial charge in [-0.05, 0) is 31.6 Å². The highest BCUT2D eigenvalue weighted by molar-refractivity contribution is 5.86. The molecule has 1 saturated carbocycles. The number of hydrogen-bond donors (Lipinski definition) is 4. The van der Waals surface area contributed by atoms with Crippen molar-refractivity contribution >= 4 is 12.0 Å². The third kappa shape index (κ3) is 3.59. The van der Waals surface area contributed by atoms with Crippen molar-refractivity contribution in [2.75, 3.05) is 13.1 Å².